The van der Waals surface area contributed by atoms with E-state index in [2.05, 4.69) is 37.2 Å². The first-order valence-corrected chi connectivity index (χ1v) is 6.75. The second-order valence-corrected chi connectivity index (χ2v) is 5.27. The minimum atomic E-state index is -0.951. The fourth-order valence-corrected chi connectivity index (χ4v) is 2.24. The van der Waals surface area contributed by atoms with Crippen LogP contribution in [0.1, 0.15) is 0 Å². The quantitative estimate of drug-likeness (QED) is 0.687. The molecule has 1 aromatic carbocycles. The summed E-state index contributed by atoms with van der Waals surface area (Å²) in [5, 5.41) is 20.1. The average molecular weight is 383 g/mol. The highest BCUT2D eigenvalue weighted by Crippen LogP contribution is 2.27. The summed E-state index contributed by atoms with van der Waals surface area (Å²) >= 11 is 6.62. The molecule has 0 aliphatic carbocycles. The van der Waals surface area contributed by atoms with E-state index in [1.54, 1.807) is 12.1 Å². The predicted molar refractivity (Wildman–Crippen MR) is 73.4 cm³/mol. The smallest absolute Gasteiger partial charge is 0.258 e. The van der Waals surface area contributed by atoms with Gasteiger partial charge < -0.3 is 20.3 Å². The van der Waals surface area contributed by atoms with Gasteiger partial charge in [0.1, 0.15) is 5.75 Å². The average Bonchev–Trinajstić information content (AvgIpc) is 2.34. The van der Waals surface area contributed by atoms with E-state index in [1.807, 2.05) is 6.07 Å². The van der Waals surface area contributed by atoms with Crippen molar-refractivity contribution < 1.29 is 19.7 Å². The van der Waals surface area contributed by atoms with Gasteiger partial charge in [0.15, 0.2) is 6.61 Å². The van der Waals surface area contributed by atoms with Gasteiger partial charge in [-0.25, -0.2) is 0 Å². The van der Waals surface area contributed by atoms with Crippen LogP contribution in [0, 0.1) is 0 Å². The fraction of sp³-hybridized carbons (Fsp3) is 0.364. The monoisotopic (exact) mass is 381 g/mol. The Morgan fingerprint density at radius 3 is 2.78 bits per heavy atom. The molecule has 1 unspecified atom stereocenters. The van der Waals surface area contributed by atoms with Crippen LogP contribution in [0.25, 0.3) is 0 Å². The van der Waals surface area contributed by atoms with Gasteiger partial charge >= 0.3 is 0 Å². The summed E-state index contributed by atoms with van der Waals surface area (Å²) in [6, 6.07) is 5.33. The molecule has 0 saturated carbocycles. The van der Waals surface area contributed by atoms with Crippen molar-refractivity contribution in [1.82, 2.24) is 5.32 Å². The van der Waals surface area contributed by atoms with E-state index in [1.165, 1.54) is 0 Å². The Kier molecular flexibility index (Phi) is 6.62. The Balaban J connectivity index is 2.38. The molecule has 0 saturated heterocycles. The maximum Gasteiger partial charge on any atom is 0.258 e. The lowest BCUT2D eigenvalue weighted by molar-refractivity contribution is -0.123. The van der Waals surface area contributed by atoms with E-state index < -0.39 is 6.10 Å². The van der Waals surface area contributed by atoms with E-state index in [-0.39, 0.29) is 25.7 Å². The van der Waals surface area contributed by atoms with E-state index >= 15 is 0 Å². The number of hydrogen-bond donors (Lipinski definition) is 3. The number of aliphatic hydroxyl groups excluding tert-OH is 2. The van der Waals surface area contributed by atoms with Gasteiger partial charge in [-0.2, -0.15) is 0 Å². The van der Waals surface area contributed by atoms with Crippen LogP contribution in [0.15, 0.2) is 27.1 Å². The number of amides is 1. The zero-order valence-corrected chi connectivity index (χ0v) is 12.6. The number of hydrogen-bond acceptors (Lipinski definition) is 4. The summed E-state index contributed by atoms with van der Waals surface area (Å²) in [5.74, 6) is 0.188. The van der Waals surface area contributed by atoms with Crippen LogP contribution in [0.4, 0.5) is 0 Å². The van der Waals surface area contributed by atoms with Crippen LogP contribution in [0.3, 0.4) is 0 Å². The van der Waals surface area contributed by atoms with Crippen molar-refractivity contribution in [3.8, 4) is 5.75 Å². The first kappa shape index (κ1) is 15.4. The molecule has 0 spiro atoms. The third-order valence-electron chi connectivity index (χ3n) is 2.00. The number of carbonyl (C=O) groups is 1. The number of rotatable bonds is 6. The van der Waals surface area contributed by atoms with Crippen molar-refractivity contribution in [3.05, 3.63) is 27.1 Å². The molecule has 1 amide bonds. The number of halogens is 2. The maximum absolute atomic E-state index is 11.4. The number of carbonyl (C=O) groups excluding carboxylic acids is 1. The van der Waals surface area contributed by atoms with Crippen molar-refractivity contribution in [2.24, 2.45) is 0 Å². The predicted octanol–water partition coefficient (Wildman–Crippen LogP) is 1.06. The lowest BCUT2D eigenvalue weighted by Gasteiger charge is -2.11. The van der Waals surface area contributed by atoms with E-state index in [9.17, 15) is 4.79 Å². The van der Waals surface area contributed by atoms with Gasteiger partial charge in [0.25, 0.3) is 5.91 Å². The summed E-state index contributed by atoms with van der Waals surface area (Å²) in [5.41, 5.74) is 0. The standard InChI is InChI=1S/C11H13Br2NO4/c12-7-1-2-10(9(13)3-7)18-6-11(17)14-4-8(16)5-15/h1-3,8,15-16H,4-6H2,(H,14,17). The molecule has 0 aliphatic heterocycles. The summed E-state index contributed by atoms with van der Waals surface area (Å²) in [7, 11) is 0. The molecule has 1 aromatic rings. The number of ether oxygens (including phenoxy) is 1. The molecule has 0 radical (unpaired) electrons. The summed E-state index contributed by atoms with van der Waals surface area (Å²) in [6.07, 6.45) is -0.951. The summed E-state index contributed by atoms with van der Waals surface area (Å²) in [4.78, 5) is 11.4. The summed E-state index contributed by atoms with van der Waals surface area (Å²) < 4.78 is 6.93. The highest BCUT2D eigenvalue weighted by atomic mass is 79.9. The zero-order chi connectivity index (χ0) is 13.5. The largest absolute Gasteiger partial charge is 0.483 e. The van der Waals surface area contributed by atoms with Gasteiger partial charge in [0.05, 0.1) is 17.2 Å². The van der Waals surface area contributed by atoms with Crippen LogP contribution < -0.4 is 10.1 Å². The second-order valence-electron chi connectivity index (χ2n) is 3.50. The van der Waals surface area contributed by atoms with Crippen LogP contribution in [0.5, 0.6) is 5.75 Å². The topological polar surface area (TPSA) is 78.8 Å². The SMILES string of the molecule is O=C(COc1ccc(Br)cc1Br)NCC(O)CO. The molecule has 5 nitrogen and oxygen atoms in total. The van der Waals surface area contributed by atoms with Crippen LogP contribution >= 0.6 is 31.9 Å². The van der Waals surface area contributed by atoms with Gasteiger partial charge in [0.2, 0.25) is 0 Å². The summed E-state index contributed by atoms with van der Waals surface area (Å²) in [6.45, 7) is -0.544. The van der Waals surface area contributed by atoms with Gasteiger partial charge in [-0.15, -0.1) is 0 Å². The molecule has 0 aliphatic rings. The van der Waals surface area contributed by atoms with E-state index in [0.717, 1.165) is 8.95 Å². The molecular formula is C11H13Br2NO4. The normalized spacial score (nSPS) is 12.0. The highest BCUT2D eigenvalue weighted by Gasteiger charge is 2.08. The van der Waals surface area contributed by atoms with Crippen LogP contribution in [-0.2, 0) is 4.79 Å². The molecule has 0 aromatic heterocycles. The van der Waals surface area contributed by atoms with Crippen molar-refractivity contribution in [2.45, 2.75) is 6.10 Å². The first-order chi connectivity index (χ1) is 8.52. The molecule has 0 fully saturated rings. The van der Waals surface area contributed by atoms with Crippen molar-refractivity contribution in [3.63, 3.8) is 0 Å². The Bertz CT molecular complexity index is 414. The Morgan fingerprint density at radius 1 is 1.44 bits per heavy atom. The lowest BCUT2D eigenvalue weighted by Crippen LogP contribution is -2.36. The third kappa shape index (κ3) is 5.34. The minimum absolute atomic E-state index is 0.000199. The maximum atomic E-state index is 11.4. The van der Waals surface area contributed by atoms with E-state index in [0.29, 0.717) is 5.75 Å². The fourth-order valence-electron chi connectivity index (χ4n) is 1.08. The molecule has 1 rings (SSSR count). The molecule has 1 atom stereocenters. The zero-order valence-electron chi connectivity index (χ0n) is 9.40. The van der Waals surface area contributed by atoms with Crippen LogP contribution in [0.2, 0.25) is 0 Å². The first-order valence-electron chi connectivity index (χ1n) is 5.16. The van der Waals surface area contributed by atoms with E-state index in [4.69, 9.17) is 14.9 Å². The lowest BCUT2D eigenvalue weighted by atomic mass is 10.3. The van der Waals surface area contributed by atoms with Crippen LogP contribution in [-0.4, -0.2) is 42.0 Å². The third-order valence-corrected chi connectivity index (χ3v) is 3.11. The molecule has 100 valence electrons. The Hall–Kier alpha value is -0.630. The molecule has 0 bridgehead atoms. The van der Waals surface area contributed by atoms with Gasteiger partial charge in [-0.3, -0.25) is 4.79 Å². The molecule has 7 heteroatoms. The number of benzene rings is 1. The Morgan fingerprint density at radius 2 is 2.17 bits per heavy atom. The van der Waals surface area contributed by atoms with Crippen molar-refractivity contribution in [2.75, 3.05) is 19.8 Å². The van der Waals surface area contributed by atoms with Gasteiger partial charge in [-0.1, -0.05) is 15.9 Å². The molecular weight excluding hydrogens is 370 g/mol. The van der Waals surface area contributed by atoms with Gasteiger partial charge in [0, 0.05) is 11.0 Å². The number of aliphatic hydroxyl groups is 2. The molecule has 3 N–H and O–H groups in total. The van der Waals surface area contributed by atoms with Crippen molar-refractivity contribution >= 4 is 37.8 Å². The Labute approximate surface area is 121 Å². The molecule has 0 heterocycles. The second kappa shape index (κ2) is 7.73. The van der Waals surface area contributed by atoms with Gasteiger partial charge in [-0.05, 0) is 34.1 Å². The highest BCUT2D eigenvalue weighted by molar-refractivity contribution is 9.11. The number of nitrogens with one attached hydrogen (secondary N) is 1. The molecule has 18 heavy (non-hydrogen) atoms. The minimum Gasteiger partial charge on any atom is -0.483 e. The van der Waals surface area contributed by atoms with Crippen molar-refractivity contribution in [1.29, 1.82) is 0 Å².